The number of fused-ring (bicyclic) bond motifs is 4. The standard InChI is InChI=1S/C32H14Cl2N4O2S2/c1-36-22(26-5-3-11-42-26)13-18-7-9-21-24(15-18)40-32-28(34)29-31(27(33)30(32)38-21)39-23-14-17(6-8-20(23)37-29)12-19(16-35)25-4-2-10-41-25/h2-15H/b19-12+,22-13-. The summed E-state index contributed by atoms with van der Waals surface area (Å²) < 4.78 is 12.5. The second-order valence-corrected chi connectivity index (χ2v) is 11.8. The highest BCUT2D eigenvalue weighted by atomic mass is 35.5. The third-order valence-electron chi connectivity index (χ3n) is 6.52. The molecule has 0 fully saturated rings. The summed E-state index contributed by atoms with van der Waals surface area (Å²) in [6, 6.07) is 20.9. The Bertz CT molecular complexity index is 2030. The number of halogens is 2. The molecule has 4 heterocycles. The van der Waals surface area contributed by atoms with Crippen molar-refractivity contribution in [3.8, 4) is 29.1 Å². The van der Waals surface area contributed by atoms with Crippen molar-refractivity contribution in [2.75, 3.05) is 0 Å². The van der Waals surface area contributed by atoms with E-state index in [0.717, 1.165) is 20.9 Å². The Labute approximate surface area is 257 Å². The van der Waals surface area contributed by atoms with E-state index in [0.29, 0.717) is 44.9 Å². The fourth-order valence-corrected chi connectivity index (χ4v) is 6.45. The van der Waals surface area contributed by atoms with Crippen LogP contribution in [0, 0.1) is 17.9 Å². The summed E-state index contributed by atoms with van der Waals surface area (Å²) in [6.45, 7) is 7.59. The van der Waals surface area contributed by atoms with Gasteiger partial charge in [-0.1, -0.05) is 53.5 Å². The van der Waals surface area contributed by atoms with Gasteiger partial charge in [0.05, 0.1) is 12.1 Å². The Morgan fingerprint density at radius 3 is 1.86 bits per heavy atom. The molecule has 0 spiro atoms. The average Bonchev–Trinajstić information content (AvgIpc) is 3.75. The molecule has 0 saturated carbocycles. The van der Waals surface area contributed by atoms with Crippen molar-refractivity contribution in [2.45, 2.75) is 0 Å². The van der Waals surface area contributed by atoms with Gasteiger partial charge >= 0.3 is 0 Å². The molecule has 2 aliphatic rings. The number of rotatable bonds is 4. The van der Waals surface area contributed by atoms with Crippen molar-refractivity contribution in [1.82, 2.24) is 0 Å². The molecule has 0 amide bonds. The highest BCUT2D eigenvalue weighted by Crippen LogP contribution is 2.43. The van der Waals surface area contributed by atoms with Crippen LogP contribution >= 0.6 is 45.9 Å². The molecule has 10 heteroatoms. The van der Waals surface area contributed by atoms with Crippen LogP contribution < -0.4 is 20.2 Å². The maximum atomic E-state index is 9.65. The minimum Gasteiger partial charge on any atom is -0.451 e. The van der Waals surface area contributed by atoms with E-state index in [1.165, 1.54) is 22.7 Å². The summed E-state index contributed by atoms with van der Waals surface area (Å²) in [5.74, 6) is 1.52. The number of ether oxygens (including phenoxy) is 2. The Hall–Kier alpha value is -4.70. The van der Waals surface area contributed by atoms with E-state index in [1.54, 1.807) is 12.1 Å². The molecule has 5 aromatic rings. The third kappa shape index (κ3) is 4.57. The molecular weight excluding hydrogens is 607 g/mol. The van der Waals surface area contributed by atoms with Gasteiger partial charge in [0.15, 0.2) is 23.0 Å². The predicted molar refractivity (Wildman–Crippen MR) is 168 cm³/mol. The topological polar surface area (TPSA) is 71.3 Å². The zero-order valence-electron chi connectivity index (χ0n) is 21.3. The van der Waals surface area contributed by atoms with Gasteiger partial charge in [0.2, 0.25) is 5.70 Å². The molecule has 200 valence electrons. The van der Waals surface area contributed by atoms with Gasteiger partial charge in [-0.2, -0.15) is 16.6 Å². The van der Waals surface area contributed by atoms with Crippen LogP contribution in [0.5, 0.6) is 23.0 Å². The molecule has 3 aromatic carbocycles. The highest BCUT2D eigenvalue weighted by molar-refractivity contribution is 7.11. The van der Waals surface area contributed by atoms with Crippen LogP contribution in [0.25, 0.3) is 28.3 Å². The fraction of sp³-hybridized carbons (Fsp3) is 0. The molecule has 0 bridgehead atoms. The van der Waals surface area contributed by atoms with Crippen molar-refractivity contribution in [1.29, 1.82) is 5.26 Å². The van der Waals surface area contributed by atoms with Crippen LogP contribution in [-0.4, -0.2) is 0 Å². The molecule has 0 saturated heterocycles. The van der Waals surface area contributed by atoms with Gasteiger partial charge < -0.3 is 9.47 Å². The van der Waals surface area contributed by atoms with E-state index in [9.17, 15) is 5.26 Å². The molecule has 6 nitrogen and oxygen atoms in total. The highest BCUT2D eigenvalue weighted by Gasteiger charge is 2.27. The van der Waals surface area contributed by atoms with Crippen molar-refractivity contribution in [2.24, 2.45) is 9.98 Å². The lowest BCUT2D eigenvalue weighted by Gasteiger charge is -2.21. The molecule has 42 heavy (non-hydrogen) atoms. The Morgan fingerprint density at radius 1 is 0.810 bits per heavy atom. The first-order valence-corrected chi connectivity index (χ1v) is 14.9. The number of benzene rings is 3. The Kier molecular flexibility index (Phi) is 6.62. The zero-order valence-corrected chi connectivity index (χ0v) is 24.4. The summed E-state index contributed by atoms with van der Waals surface area (Å²) in [5, 5.41) is 14.6. The first-order chi connectivity index (χ1) is 20.5. The van der Waals surface area contributed by atoms with Crippen LogP contribution in [0.3, 0.4) is 0 Å². The lowest BCUT2D eigenvalue weighted by Crippen LogP contribution is -2.22. The van der Waals surface area contributed by atoms with Gasteiger partial charge in [0, 0.05) is 9.75 Å². The van der Waals surface area contributed by atoms with Crippen LogP contribution in [0.2, 0.25) is 10.0 Å². The lowest BCUT2D eigenvalue weighted by molar-refractivity contribution is 0.451. The van der Waals surface area contributed by atoms with E-state index in [-0.39, 0.29) is 21.5 Å². The number of hydrogen-bond donors (Lipinski definition) is 0. The maximum absolute atomic E-state index is 9.65. The first-order valence-electron chi connectivity index (χ1n) is 12.4. The van der Waals surface area contributed by atoms with Crippen molar-refractivity contribution in [3.63, 3.8) is 0 Å². The molecule has 7 rings (SSSR count). The Morgan fingerprint density at radius 2 is 1.36 bits per heavy atom. The number of allylic oxidation sites excluding steroid dienone is 1. The van der Waals surface area contributed by atoms with E-state index in [2.05, 4.69) is 10.9 Å². The smallest absolute Gasteiger partial charge is 0.204 e. The SMILES string of the molecule is [C-]#[N+]/C(=C\c1ccc2c(c1)Oc1c(Cl)c3c(c(Cl)c1=N2)Oc1cc(/C=C(\C#N)c2cccs2)ccc1N=3)c1cccs1. The van der Waals surface area contributed by atoms with Crippen molar-refractivity contribution >= 4 is 80.7 Å². The quantitative estimate of drug-likeness (QED) is 0.145. The fourth-order valence-electron chi connectivity index (χ4n) is 4.56. The second kappa shape index (κ2) is 10.6. The average molecular weight is 622 g/mol. The molecule has 0 unspecified atom stereocenters. The lowest BCUT2D eigenvalue weighted by atomic mass is 10.1. The molecule has 0 radical (unpaired) electrons. The number of thiophene rings is 2. The summed E-state index contributed by atoms with van der Waals surface area (Å²) in [6.07, 6.45) is 3.61. The predicted octanol–water partition coefficient (Wildman–Crippen LogP) is 9.71. The molecule has 2 aliphatic heterocycles. The molecule has 0 N–H and O–H groups in total. The number of hydrogen-bond acceptors (Lipinski definition) is 7. The molecule has 2 aromatic heterocycles. The van der Waals surface area contributed by atoms with Crippen molar-refractivity contribution < 1.29 is 9.47 Å². The van der Waals surface area contributed by atoms with Gasteiger partial charge in [-0.15, -0.1) is 11.3 Å². The summed E-state index contributed by atoms with van der Waals surface area (Å²) in [4.78, 5) is 14.9. The summed E-state index contributed by atoms with van der Waals surface area (Å²) in [7, 11) is 0. The molecule has 0 aliphatic carbocycles. The molecular formula is C32H14Cl2N4O2S2. The second-order valence-electron chi connectivity index (χ2n) is 9.13. The van der Waals surface area contributed by atoms with E-state index >= 15 is 0 Å². The number of nitriles is 1. The van der Waals surface area contributed by atoms with Gasteiger partial charge in [0.1, 0.15) is 38.2 Å². The minimum atomic E-state index is 0.221. The van der Waals surface area contributed by atoms with Gasteiger partial charge in [-0.3, -0.25) is 0 Å². The maximum Gasteiger partial charge on any atom is 0.204 e. The van der Waals surface area contributed by atoms with Crippen LogP contribution in [0.1, 0.15) is 20.9 Å². The van der Waals surface area contributed by atoms with Crippen LogP contribution in [-0.2, 0) is 0 Å². The van der Waals surface area contributed by atoms with E-state index in [4.69, 9.17) is 49.2 Å². The van der Waals surface area contributed by atoms with Crippen LogP contribution in [0.4, 0.5) is 11.4 Å². The Balaban J connectivity index is 1.28. The first kappa shape index (κ1) is 26.2. The van der Waals surface area contributed by atoms with Crippen LogP contribution in [0.15, 0.2) is 81.4 Å². The van der Waals surface area contributed by atoms with E-state index < -0.39 is 0 Å². The largest absolute Gasteiger partial charge is 0.451 e. The summed E-state index contributed by atoms with van der Waals surface area (Å²) >= 11 is 16.7. The van der Waals surface area contributed by atoms with Gasteiger partial charge in [-0.05, 0) is 64.4 Å². The molecule has 0 atom stereocenters. The third-order valence-corrected chi connectivity index (χ3v) is 9.01. The van der Waals surface area contributed by atoms with Crippen molar-refractivity contribution in [3.05, 3.63) is 124 Å². The normalized spacial score (nSPS) is 13.0. The minimum absolute atomic E-state index is 0.221. The summed E-state index contributed by atoms with van der Waals surface area (Å²) in [5.41, 5.74) is 3.79. The monoisotopic (exact) mass is 620 g/mol. The zero-order chi connectivity index (χ0) is 28.8. The van der Waals surface area contributed by atoms with Gasteiger partial charge in [-0.25, -0.2) is 14.8 Å². The van der Waals surface area contributed by atoms with Gasteiger partial charge in [0.25, 0.3) is 0 Å². The van der Waals surface area contributed by atoms with E-state index in [1.807, 2.05) is 71.4 Å². The number of nitrogens with zero attached hydrogens (tertiary/aromatic N) is 4.